The highest BCUT2D eigenvalue weighted by molar-refractivity contribution is 5.69. The summed E-state index contributed by atoms with van der Waals surface area (Å²) in [5.74, 6) is -0.406. The van der Waals surface area contributed by atoms with Crippen LogP contribution < -0.4 is 0 Å². The third kappa shape index (κ3) is 1.35. The summed E-state index contributed by atoms with van der Waals surface area (Å²) in [5.41, 5.74) is 0.714. The number of nitrogens with zero attached hydrogens (tertiary/aromatic N) is 3. The van der Waals surface area contributed by atoms with E-state index in [9.17, 15) is 4.79 Å². The minimum atomic E-state index is -0.895. The SMILES string of the molecule is O=C(O)Cc1nccc2nccn12. The summed E-state index contributed by atoms with van der Waals surface area (Å²) in [7, 11) is 0. The number of carboxylic acids is 1. The number of aliphatic carboxylic acids is 1. The second-order valence-corrected chi connectivity index (χ2v) is 2.59. The van der Waals surface area contributed by atoms with Gasteiger partial charge < -0.3 is 5.11 Å². The quantitative estimate of drug-likeness (QED) is 0.719. The summed E-state index contributed by atoms with van der Waals surface area (Å²) in [6.07, 6.45) is 4.78. The summed E-state index contributed by atoms with van der Waals surface area (Å²) >= 11 is 0. The van der Waals surface area contributed by atoms with Crippen molar-refractivity contribution >= 4 is 11.6 Å². The van der Waals surface area contributed by atoms with E-state index in [2.05, 4.69) is 9.97 Å². The average molecular weight is 177 g/mol. The van der Waals surface area contributed by atoms with Crippen LogP contribution >= 0.6 is 0 Å². The van der Waals surface area contributed by atoms with Crippen molar-refractivity contribution in [3.05, 3.63) is 30.5 Å². The van der Waals surface area contributed by atoms with Gasteiger partial charge in [0.25, 0.3) is 0 Å². The maximum absolute atomic E-state index is 10.5. The first-order chi connectivity index (χ1) is 6.27. The molecule has 0 bridgehead atoms. The van der Waals surface area contributed by atoms with Gasteiger partial charge in [0.05, 0.1) is 0 Å². The van der Waals surface area contributed by atoms with Crippen LogP contribution in [0, 0.1) is 0 Å². The third-order valence-corrected chi connectivity index (χ3v) is 1.70. The molecule has 0 amide bonds. The van der Waals surface area contributed by atoms with Crippen molar-refractivity contribution in [3.8, 4) is 0 Å². The van der Waals surface area contributed by atoms with Gasteiger partial charge in [-0.1, -0.05) is 0 Å². The number of carboxylic acid groups (broad SMARTS) is 1. The molecule has 0 radical (unpaired) electrons. The van der Waals surface area contributed by atoms with Gasteiger partial charge in [0.1, 0.15) is 17.9 Å². The van der Waals surface area contributed by atoms with Crippen LogP contribution in [0.4, 0.5) is 0 Å². The molecule has 0 saturated carbocycles. The minimum absolute atomic E-state index is 0.0896. The van der Waals surface area contributed by atoms with Gasteiger partial charge in [-0.25, -0.2) is 9.97 Å². The molecule has 1 N–H and O–H groups in total. The second-order valence-electron chi connectivity index (χ2n) is 2.59. The Hall–Kier alpha value is -1.91. The van der Waals surface area contributed by atoms with E-state index in [1.165, 1.54) is 0 Å². The lowest BCUT2D eigenvalue weighted by Gasteiger charge is -1.99. The van der Waals surface area contributed by atoms with Gasteiger partial charge in [-0.2, -0.15) is 0 Å². The molecule has 2 aromatic heterocycles. The molecule has 66 valence electrons. The lowest BCUT2D eigenvalue weighted by molar-refractivity contribution is -0.136. The first kappa shape index (κ1) is 7.72. The van der Waals surface area contributed by atoms with Crippen LogP contribution in [-0.4, -0.2) is 25.4 Å². The fourth-order valence-electron chi connectivity index (χ4n) is 1.17. The van der Waals surface area contributed by atoms with E-state index in [1.54, 1.807) is 29.1 Å². The number of hydrogen-bond acceptors (Lipinski definition) is 3. The largest absolute Gasteiger partial charge is 0.481 e. The summed E-state index contributed by atoms with van der Waals surface area (Å²) < 4.78 is 1.66. The average Bonchev–Trinajstić information content (AvgIpc) is 2.51. The molecule has 0 aliphatic carbocycles. The molecular weight excluding hydrogens is 170 g/mol. The lowest BCUT2D eigenvalue weighted by Crippen LogP contribution is -2.07. The van der Waals surface area contributed by atoms with Gasteiger partial charge in [-0.05, 0) is 6.07 Å². The highest BCUT2D eigenvalue weighted by Crippen LogP contribution is 2.02. The smallest absolute Gasteiger partial charge is 0.311 e. The molecule has 0 aliphatic rings. The van der Waals surface area contributed by atoms with Crippen molar-refractivity contribution in [3.63, 3.8) is 0 Å². The Morgan fingerprint density at radius 1 is 1.46 bits per heavy atom. The highest BCUT2D eigenvalue weighted by atomic mass is 16.4. The van der Waals surface area contributed by atoms with Crippen molar-refractivity contribution in [1.82, 2.24) is 14.4 Å². The van der Waals surface area contributed by atoms with E-state index in [4.69, 9.17) is 5.11 Å². The molecule has 2 rings (SSSR count). The molecule has 5 heteroatoms. The van der Waals surface area contributed by atoms with Crippen LogP contribution in [0.2, 0.25) is 0 Å². The molecule has 13 heavy (non-hydrogen) atoms. The summed E-state index contributed by atoms with van der Waals surface area (Å²) in [4.78, 5) is 18.4. The monoisotopic (exact) mass is 177 g/mol. The molecule has 0 spiro atoms. The summed E-state index contributed by atoms with van der Waals surface area (Å²) in [6.45, 7) is 0. The molecule has 0 atom stereocenters. The van der Waals surface area contributed by atoms with Crippen molar-refractivity contribution in [2.45, 2.75) is 6.42 Å². The minimum Gasteiger partial charge on any atom is -0.481 e. The summed E-state index contributed by atoms with van der Waals surface area (Å²) in [6, 6.07) is 1.73. The first-order valence-corrected chi connectivity index (χ1v) is 3.76. The predicted octanol–water partition coefficient (Wildman–Crippen LogP) is 0.356. The fourth-order valence-corrected chi connectivity index (χ4v) is 1.17. The van der Waals surface area contributed by atoms with Crippen LogP contribution in [0.15, 0.2) is 24.7 Å². The number of rotatable bonds is 2. The first-order valence-electron chi connectivity index (χ1n) is 3.76. The zero-order chi connectivity index (χ0) is 9.26. The lowest BCUT2D eigenvalue weighted by atomic mass is 10.4. The molecule has 0 aliphatic heterocycles. The molecule has 0 saturated heterocycles. The van der Waals surface area contributed by atoms with Gasteiger partial charge >= 0.3 is 5.97 Å². The van der Waals surface area contributed by atoms with Gasteiger partial charge in [0.15, 0.2) is 0 Å². The number of carbonyl (C=O) groups is 1. The topological polar surface area (TPSA) is 67.5 Å². The Morgan fingerprint density at radius 2 is 2.31 bits per heavy atom. The Morgan fingerprint density at radius 3 is 3.08 bits per heavy atom. The van der Waals surface area contributed by atoms with E-state index in [0.29, 0.717) is 11.5 Å². The molecule has 0 fully saturated rings. The Kier molecular flexibility index (Phi) is 1.70. The third-order valence-electron chi connectivity index (χ3n) is 1.70. The van der Waals surface area contributed by atoms with Gasteiger partial charge in [-0.3, -0.25) is 9.20 Å². The Balaban J connectivity index is 2.54. The summed E-state index contributed by atoms with van der Waals surface area (Å²) in [5, 5.41) is 8.59. The molecule has 5 nitrogen and oxygen atoms in total. The van der Waals surface area contributed by atoms with Crippen LogP contribution in [0.5, 0.6) is 0 Å². The molecule has 2 aromatic rings. The normalized spacial score (nSPS) is 10.5. The predicted molar refractivity (Wildman–Crippen MR) is 44.3 cm³/mol. The Bertz CT molecular complexity index is 449. The van der Waals surface area contributed by atoms with E-state index >= 15 is 0 Å². The van der Waals surface area contributed by atoms with Crippen molar-refractivity contribution in [2.75, 3.05) is 0 Å². The van der Waals surface area contributed by atoms with E-state index in [0.717, 1.165) is 0 Å². The van der Waals surface area contributed by atoms with Crippen LogP contribution in [0.1, 0.15) is 5.82 Å². The van der Waals surface area contributed by atoms with E-state index < -0.39 is 5.97 Å². The highest BCUT2D eigenvalue weighted by Gasteiger charge is 2.05. The maximum atomic E-state index is 10.5. The van der Waals surface area contributed by atoms with Crippen LogP contribution in [0.3, 0.4) is 0 Å². The molecular formula is C8H7N3O2. The van der Waals surface area contributed by atoms with Gasteiger partial charge in [0.2, 0.25) is 0 Å². The molecule has 0 aromatic carbocycles. The van der Waals surface area contributed by atoms with Crippen molar-refractivity contribution < 1.29 is 9.90 Å². The maximum Gasteiger partial charge on any atom is 0.311 e. The zero-order valence-corrected chi connectivity index (χ0v) is 6.71. The number of imidazole rings is 1. The van der Waals surface area contributed by atoms with E-state index in [-0.39, 0.29) is 6.42 Å². The van der Waals surface area contributed by atoms with Crippen LogP contribution in [-0.2, 0) is 11.2 Å². The number of fused-ring (bicyclic) bond motifs is 1. The zero-order valence-electron chi connectivity index (χ0n) is 6.71. The van der Waals surface area contributed by atoms with Crippen molar-refractivity contribution in [2.24, 2.45) is 0 Å². The van der Waals surface area contributed by atoms with E-state index in [1.807, 2.05) is 0 Å². The molecule has 2 heterocycles. The second kappa shape index (κ2) is 2.85. The standard InChI is InChI=1S/C8H7N3O2/c12-8(13)5-7-9-2-1-6-10-3-4-11(6)7/h1-4H,5H2,(H,12,13). The fraction of sp³-hybridized carbons (Fsp3) is 0.125. The van der Waals surface area contributed by atoms with Crippen molar-refractivity contribution in [1.29, 1.82) is 0 Å². The number of aromatic nitrogens is 3. The van der Waals surface area contributed by atoms with Gasteiger partial charge in [0, 0.05) is 18.6 Å². The van der Waals surface area contributed by atoms with Crippen LogP contribution in [0.25, 0.3) is 5.65 Å². The number of hydrogen-bond donors (Lipinski definition) is 1. The molecule has 0 unspecified atom stereocenters. The Labute approximate surface area is 73.7 Å². The van der Waals surface area contributed by atoms with Gasteiger partial charge in [-0.15, -0.1) is 0 Å².